The summed E-state index contributed by atoms with van der Waals surface area (Å²) in [6.07, 6.45) is 3.78. The zero-order valence-corrected chi connectivity index (χ0v) is 14.0. The summed E-state index contributed by atoms with van der Waals surface area (Å²) in [6, 6.07) is 10.4. The van der Waals surface area contributed by atoms with Crippen LogP contribution >= 0.6 is 0 Å². The lowest BCUT2D eigenvalue weighted by molar-refractivity contribution is -0.127. The van der Waals surface area contributed by atoms with E-state index in [1.807, 2.05) is 11.0 Å². The number of carbonyl (C=O) groups excluding carboxylic acids is 1. The van der Waals surface area contributed by atoms with Crippen molar-refractivity contribution >= 4 is 5.91 Å². The van der Waals surface area contributed by atoms with Crippen LogP contribution in [0.15, 0.2) is 30.3 Å². The summed E-state index contributed by atoms with van der Waals surface area (Å²) in [6.45, 7) is 4.86. The fourth-order valence-corrected chi connectivity index (χ4v) is 3.79. The molecule has 1 saturated heterocycles. The highest BCUT2D eigenvalue weighted by Crippen LogP contribution is 2.26. The number of fused-ring (bicyclic) bond motifs is 1. The van der Waals surface area contributed by atoms with Crippen molar-refractivity contribution in [3.05, 3.63) is 41.6 Å². The Bertz CT molecular complexity index is 709. The molecule has 0 unspecified atom stereocenters. The lowest BCUT2D eigenvalue weighted by Crippen LogP contribution is -2.37. The van der Waals surface area contributed by atoms with Crippen molar-refractivity contribution in [2.45, 2.75) is 25.7 Å². The highest BCUT2D eigenvalue weighted by Gasteiger charge is 2.23. The number of aromatic nitrogens is 2. The summed E-state index contributed by atoms with van der Waals surface area (Å²) in [4.78, 5) is 16.2. The molecule has 24 heavy (non-hydrogen) atoms. The molecule has 1 N–H and O–H groups in total. The summed E-state index contributed by atoms with van der Waals surface area (Å²) in [5.74, 6) is 0.325. The van der Waals surface area contributed by atoms with Crippen molar-refractivity contribution in [1.82, 2.24) is 20.0 Å². The molecule has 3 heterocycles. The molecule has 1 aromatic carbocycles. The minimum Gasteiger partial charge on any atom is -0.341 e. The molecule has 0 bridgehead atoms. The minimum absolute atomic E-state index is 0.325. The minimum atomic E-state index is 0.325. The van der Waals surface area contributed by atoms with Gasteiger partial charge in [0.2, 0.25) is 5.91 Å². The van der Waals surface area contributed by atoms with E-state index < -0.39 is 0 Å². The van der Waals surface area contributed by atoms with E-state index in [0.717, 1.165) is 64.1 Å². The molecule has 4 rings (SSSR count). The summed E-state index contributed by atoms with van der Waals surface area (Å²) >= 11 is 0. The first-order valence-electron chi connectivity index (χ1n) is 8.93. The summed E-state index contributed by atoms with van der Waals surface area (Å²) in [5.41, 5.74) is 4.92. The van der Waals surface area contributed by atoms with Crippen LogP contribution < -0.4 is 0 Å². The maximum absolute atomic E-state index is 11.7. The Morgan fingerprint density at radius 2 is 1.83 bits per heavy atom. The van der Waals surface area contributed by atoms with Gasteiger partial charge in [-0.1, -0.05) is 30.3 Å². The van der Waals surface area contributed by atoms with Crippen LogP contribution in [0.1, 0.15) is 24.1 Å². The normalized spacial score (nSPS) is 18.7. The molecule has 0 spiro atoms. The fraction of sp³-hybridized carbons (Fsp3) is 0.474. The molecule has 0 radical (unpaired) electrons. The molecule has 0 aliphatic carbocycles. The van der Waals surface area contributed by atoms with Gasteiger partial charge in [-0.15, -0.1) is 0 Å². The highest BCUT2D eigenvalue weighted by atomic mass is 16.2. The second-order valence-electron chi connectivity index (χ2n) is 6.72. The zero-order valence-electron chi connectivity index (χ0n) is 14.0. The predicted octanol–water partition coefficient (Wildman–Crippen LogP) is 2.10. The van der Waals surface area contributed by atoms with Crippen LogP contribution in [-0.4, -0.2) is 58.6 Å². The molecule has 1 fully saturated rings. The molecular formula is C19H24N4O. The fourth-order valence-electron chi connectivity index (χ4n) is 3.79. The van der Waals surface area contributed by atoms with Gasteiger partial charge in [0, 0.05) is 62.4 Å². The lowest BCUT2D eigenvalue weighted by Gasteiger charge is -2.23. The molecule has 5 heteroatoms. The number of rotatable bonds is 4. The van der Waals surface area contributed by atoms with E-state index in [9.17, 15) is 4.79 Å². The monoisotopic (exact) mass is 324 g/mol. The van der Waals surface area contributed by atoms with Crippen LogP contribution in [0.2, 0.25) is 0 Å². The Kier molecular flexibility index (Phi) is 4.34. The number of amides is 1. The summed E-state index contributed by atoms with van der Waals surface area (Å²) < 4.78 is 0. The summed E-state index contributed by atoms with van der Waals surface area (Å²) in [7, 11) is 0. The number of hydrogen-bond donors (Lipinski definition) is 1. The van der Waals surface area contributed by atoms with Gasteiger partial charge in [-0.25, -0.2) is 0 Å². The number of carbonyl (C=O) groups is 1. The lowest BCUT2D eigenvalue weighted by atomic mass is 10.0. The van der Waals surface area contributed by atoms with Gasteiger partial charge in [0.1, 0.15) is 0 Å². The average molecular weight is 324 g/mol. The molecule has 5 nitrogen and oxygen atoms in total. The molecule has 2 aromatic rings. The van der Waals surface area contributed by atoms with Crippen LogP contribution in [0, 0.1) is 0 Å². The van der Waals surface area contributed by atoms with E-state index in [1.165, 1.54) is 16.8 Å². The Hall–Kier alpha value is -2.14. The number of hydrogen-bond acceptors (Lipinski definition) is 3. The van der Waals surface area contributed by atoms with Gasteiger partial charge in [0.25, 0.3) is 0 Å². The second kappa shape index (κ2) is 6.77. The van der Waals surface area contributed by atoms with Crippen molar-refractivity contribution < 1.29 is 4.79 Å². The first kappa shape index (κ1) is 15.4. The predicted molar refractivity (Wildman–Crippen MR) is 93.7 cm³/mol. The molecule has 2 aliphatic rings. The molecule has 1 amide bonds. The van der Waals surface area contributed by atoms with E-state index in [2.05, 4.69) is 39.4 Å². The van der Waals surface area contributed by atoms with E-state index in [4.69, 9.17) is 0 Å². The quantitative estimate of drug-likeness (QED) is 0.937. The molecule has 0 atom stereocenters. The van der Waals surface area contributed by atoms with Gasteiger partial charge in [0.15, 0.2) is 0 Å². The average Bonchev–Trinajstić information content (AvgIpc) is 3.16. The molecule has 1 aromatic heterocycles. The number of aromatic amines is 1. The Morgan fingerprint density at radius 1 is 1.00 bits per heavy atom. The van der Waals surface area contributed by atoms with Gasteiger partial charge in [-0.2, -0.15) is 5.10 Å². The van der Waals surface area contributed by atoms with Gasteiger partial charge >= 0.3 is 0 Å². The van der Waals surface area contributed by atoms with Crippen molar-refractivity contribution in [3.63, 3.8) is 0 Å². The Balaban J connectivity index is 1.41. The number of nitrogens with zero attached hydrogens (tertiary/aromatic N) is 3. The number of H-pyrrole nitrogens is 1. The van der Waals surface area contributed by atoms with E-state index in [-0.39, 0.29) is 0 Å². The van der Waals surface area contributed by atoms with Crippen LogP contribution in [0.3, 0.4) is 0 Å². The largest absolute Gasteiger partial charge is 0.341 e. The molecular weight excluding hydrogens is 300 g/mol. The van der Waals surface area contributed by atoms with Gasteiger partial charge in [-0.3, -0.25) is 9.89 Å². The first-order valence-corrected chi connectivity index (χ1v) is 8.93. The van der Waals surface area contributed by atoms with Gasteiger partial charge in [0.05, 0.1) is 5.69 Å². The third-order valence-electron chi connectivity index (χ3n) is 5.21. The molecule has 2 aliphatic heterocycles. The van der Waals surface area contributed by atoms with E-state index >= 15 is 0 Å². The smallest absolute Gasteiger partial charge is 0.222 e. The molecule has 126 valence electrons. The maximum atomic E-state index is 11.7. The topological polar surface area (TPSA) is 52.2 Å². The second-order valence-corrected chi connectivity index (χ2v) is 6.72. The van der Waals surface area contributed by atoms with Crippen molar-refractivity contribution in [1.29, 1.82) is 0 Å². The Labute approximate surface area is 142 Å². The SMILES string of the molecule is O=C1CCCN1CCN1CCc2[nH]nc(-c3ccccc3)c2CC1. The Morgan fingerprint density at radius 3 is 2.62 bits per heavy atom. The number of nitrogens with one attached hydrogen (secondary N) is 1. The zero-order chi connectivity index (χ0) is 16.4. The van der Waals surface area contributed by atoms with Crippen molar-refractivity contribution in [2.75, 3.05) is 32.7 Å². The van der Waals surface area contributed by atoms with Crippen molar-refractivity contribution in [3.8, 4) is 11.3 Å². The van der Waals surface area contributed by atoms with E-state index in [1.54, 1.807) is 0 Å². The third kappa shape index (κ3) is 3.08. The van der Waals surface area contributed by atoms with Crippen LogP contribution in [0.4, 0.5) is 0 Å². The van der Waals surface area contributed by atoms with Crippen LogP contribution in [-0.2, 0) is 17.6 Å². The summed E-state index contributed by atoms with van der Waals surface area (Å²) in [5, 5.41) is 7.81. The number of likely N-dealkylation sites (tertiary alicyclic amines) is 1. The maximum Gasteiger partial charge on any atom is 0.222 e. The standard InChI is InChI=1S/C19H24N4O/c24-18-7-4-10-23(18)14-13-22-11-8-16-17(9-12-22)20-21-19(16)15-5-2-1-3-6-15/h1-3,5-6H,4,7-14H2,(H,20,21). The molecule has 0 saturated carbocycles. The van der Waals surface area contributed by atoms with Gasteiger partial charge in [-0.05, 0) is 12.8 Å². The number of benzene rings is 1. The first-order chi connectivity index (χ1) is 11.8. The van der Waals surface area contributed by atoms with Gasteiger partial charge < -0.3 is 9.80 Å². The van der Waals surface area contributed by atoms with Crippen LogP contribution in [0.25, 0.3) is 11.3 Å². The van der Waals surface area contributed by atoms with Crippen molar-refractivity contribution in [2.24, 2.45) is 0 Å². The van der Waals surface area contributed by atoms with Crippen LogP contribution in [0.5, 0.6) is 0 Å². The third-order valence-corrected chi connectivity index (χ3v) is 5.21. The van der Waals surface area contributed by atoms with E-state index in [0.29, 0.717) is 5.91 Å². The highest BCUT2D eigenvalue weighted by molar-refractivity contribution is 5.78.